The van der Waals surface area contributed by atoms with E-state index in [0.717, 1.165) is 0 Å². The molecule has 0 saturated carbocycles. The monoisotopic (exact) mass is 145 g/mol. The Morgan fingerprint density at radius 1 is 1.67 bits per heavy atom. The van der Waals surface area contributed by atoms with Crippen LogP contribution in [0.4, 0.5) is 0 Å². The van der Waals surface area contributed by atoms with E-state index < -0.39 is 0 Å². The van der Waals surface area contributed by atoms with Gasteiger partial charge in [-0.3, -0.25) is 0 Å². The second-order valence-corrected chi connectivity index (χ2v) is 2.44. The van der Waals surface area contributed by atoms with Crippen molar-refractivity contribution in [2.75, 3.05) is 0 Å². The molecule has 1 aromatic rings. The Balaban J connectivity index is 2.94. The van der Waals surface area contributed by atoms with Gasteiger partial charge < -0.3 is 4.57 Å². The molecule has 0 bridgehead atoms. The zero-order valence-corrected chi connectivity index (χ0v) is 6.13. The highest BCUT2D eigenvalue weighted by Crippen LogP contribution is 2.09. The number of hydrogen-bond acceptors (Lipinski definition) is 2. The summed E-state index contributed by atoms with van der Waals surface area (Å²) in [4.78, 5) is 0. The molecule has 0 amide bonds. The van der Waals surface area contributed by atoms with E-state index in [-0.39, 0.29) is 0 Å². The SMILES string of the molecule is CC(C)n1cnnc1Cl. The van der Waals surface area contributed by atoms with Crippen LogP contribution in [0.2, 0.25) is 5.28 Å². The van der Waals surface area contributed by atoms with E-state index in [4.69, 9.17) is 11.6 Å². The first kappa shape index (κ1) is 6.55. The second-order valence-electron chi connectivity index (χ2n) is 2.10. The highest BCUT2D eigenvalue weighted by molar-refractivity contribution is 6.28. The first-order valence-electron chi connectivity index (χ1n) is 2.77. The third kappa shape index (κ3) is 1.21. The van der Waals surface area contributed by atoms with Gasteiger partial charge in [0.1, 0.15) is 6.33 Å². The molecule has 1 rings (SSSR count). The summed E-state index contributed by atoms with van der Waals surface area (Å²) >= 11 is 5.62. The molecule has 0 atom stereocenters. The fourth-order valence-corrected chi connectivity index (χ4v) is 0.857. The summed E-state index contributed by atoms with van der Waals surface area (Å²) in [5, 5.41) is 7.69. The van der Waals surface area contributed by atoms with Gasteiger partial charge in [0.05, 0.1) is 0 Å². The van der Waals surface area contributed by atoms with E-state index in [1.165, 1.54) is 0 Å². The Morgan fingerprint density at radius 3 is 2.56 bits per heavy atom. The molecule has 0 aromatic carbocycles. The van der Waals surface area contributed by atoms with E-state index in [1.54, 1.807) is 10.9 Å². The Kier molecular flexibility index (Phi) is 1.71. The van der Waals surface area contributed by atoms with Crippen LogP contribution in [0.3, 0.4) is 0 Å². The van der Waals surface area contributed by atoms with E-state index in [2.05, 4.69) is 10.2 Å². The molecular formula is C5H8ClN3. The molecule has 1 heterocycles. The van der Waals surface area contributed by atoms with Gasteiger partial charge in [-0.25, -0.2) is 0 Å². The molecule has 0 aliphatic carbocycles. The highest BCUT2D eigenvalue weighted by Gasteiger charge is 2.01. The minimum absolute atomic E-state index is 0.340. The van der Waals surface area contributed by atoms with Gasteiger partial charge in [-0.2, -0.15) is 0 Å². The minimum atomic E-state index is 0.340. The Morgan fingerprint density at radius 2 is 2.33 bits per heavy atom. The van der Waals surface area contributed by atoms with Crippen LogP contribution in [-0.2, 0) is 0 Å². The molecule has 0 aliphatic rings. The lowest BCUT2D eigenvalue weighted by Crippen LogP contribution is -1.97. The van der Waals surface area contributed by atoms with Gasteiger partial charge >= 0.3 is 0 Å². The maximum Gasteiger partial charge on any atom is 0.225 e. The molecule has 3 nitrogen and oxygen atoms in total. The fourth-order valence-electron chi connectivity index (χ4n) is 0.575. The number of hydrogen-bond donors (Lipinski definition) is 0. The average molecular weight is 146 g/mol. The van der Waals surface area contributed by atoms with Gasteiger partial charge in [-0.15, -0.1) is 10.2 Å². The predicted molar refractivity (Wildman–Crippen MR) is 35.4 cm³/mol. The van der Waals surface area contributed by atoms with Crippen molar-refractivity contribution in [2.45, 2.75) is 19.9 Å². The van der Waals surface area contributed by atoms with Crippen LogP contribution in [0, 0.1) is 0 Å². The fraction of sp³-hybridized carbons (Fsp3) is 0.600. The van der Waals surface area contributed by atoms with Gasteiger partial charge in [0.25, 0.3) is 0 Å². The van der Waals surface area contributed by atoms with Crippen LogP contribution < -0.4 is 0 Å². The minimum Gasteiger partial charge on any atom is -0.302 e. The normalized spacial score (nSPS) is 10.7. The average Bonchev–Trinajstić information content (AvgIpc) is 2.13. The maximum atomic E-state index is 5.62. The molecule has 0 unspecified atom stereocenters. The lowest BCUT2D eigenvalue weighted by Gasteiger charge is -2.03. The smallest absolute Gasteiger partial charge is 0.225 e. The van der Waals surface area contributed by atoms with Crippen molar-refractivity contribution in [3.63, 3.8) is 0 Å². The molecule has 0 radical (unpaired) electrons. The molecule has 0 aliphatic heterocycles. The summed E-state index contributed by atoms with van der Waals surface area (Å²) in [6.45, 7) is 4.05. The van der Waals surface area contributed by atoms with Gasteiger partial charge in [0.2, 0.25) is 5.28 Å². The van der Waals surface area contributed by atoms with Crippen molar-refractivity contribution >= 4 is 11.6 Å². The zero-order valence-electron chi connectivity index (χ0n) is 5.37. The number of halogens is 1. The van der Waals surface area contributed by atoms with Crippen LogP contribution in [0.5, 0.6) is 0 Å². The standard InChI is InChI=1S/C5H8ClN3/c1-4(2)9-3-7-8-5(9)6/h3-4H,1-2H3. The van der Waals surface area contributed by atoms with Crippen molar-refractivity contribution < 1.29 is 0 Å². The molecule has 0 saturated heterocycles. The van der Waals surface area contributed by atoms with Crippen molar-refractivity contribution in [1.29, 1.82) is 0 Å². The molecule has 50 valence electrons. The van der Waals surface area contributed by atoms with Gasteiger partial charge in [0, 0.05) is 6.04 Å². The molecule has 0 N–H and O–H groups in total. The topological polar surface area (TPSA) is 30.7 Å². The molecule has 0 spiro atoms. The van der Waals surface area contributed by atoms with Crippen LogP contribution in [0.25, 0.3) is 0 Å². The molecular weight excluding hydrogens is 138 g/mol. The molecule has 4 heteroatoms. The van der Waals surface area contributed by atoms with Gasteiger partial charge in [-0.05, 0) is 25.4 Å². The molecule has 9 heavy (non-hydrogen) atoms. The third-order valence-corrected chi connectivity index (χ3v) is 1.36. The lowest BCUT2D eigenvalue weighted by atomic mass is 10.4. The summed E-state index contributed by atoms with van der Waals surface area (Å²) in [6.07, 6.45) is 1.62. The van der Waals surface area contributed by atoms with Crippen LogP contribution in [0.1, 0.15) is 19.9 Å². The number of nitrogens with zero attached hydrogens (tertiary/aromatic N) is 3. The largest absolute Gasteiger partial charge is 0.302 e. The van der Waals surface area contributed by atoms with E-state index in [0.29, 0.717) is 11.3 Å². The van der Waals surface area contributed by atoms with Crippen molar-refractivity contribution in [3.8, 4) is 0 Å². The summed E-state index contributed by atoms with van der Waals surface area (Å²) in [7, 11) is 0. The second kappa shape index (κ2) is 2.35. The quantitative estimate of drug-likeness (QED) is 0.600. The van der Waals surface area contributed by atoms with E-state index in [9.17, 15) is 0 Å². The first-order valence-corrected chi connectivity index (χ1v) is 3.14. The lowest BCUT2D eigenvalue weighted by molar-refractivity contribution is 0.598. The first-order chi connectivity index (χ1) is 4.22. The highest BCUT2D eigenvalue weighted by atomic mass is 35.5. The number of aromatic nitrogens is 3. The van der Waals surface area contributed by atoms with Crippen LogP contribution in [0.15, 0.2) is 6.33 Å². The van der Waals surface area contributed by atoms with Crippen molar-refractivity contribution in [3.05, 3.63) is 11.6 Å². The van der Waals surface area contributed by atoms with Crippen LogP contribution >= 0.6 is 11.6 Å². The third-order valence-electron chi connectivity index (χ3n) is 1.09. The van der Waals surface area contributed by atoms with Crippen LogP contribution in [-0.4, -0.2) is 14.8 Å². The van der Waals surface area contributed by atoms with Gasteiger partial charge in [0.15, 0.2) is 0 Å². The summed E-state index contributed by atoms with van der Waals surface area (Å²) < 4.78 is 1.79. The molecule has 1 aromatic heterocycles. The van der Waals surface area contributed by atoms with Crippen molar-refractivity contribution in [1.82, 2.24) is 14.8 Å². The summed E-state index contributed by atoms with van der Waals surface area (Å²) in [6, 6.07) is 0.340. The van der Waals surface area contributed by atoms with E-state index >= 15 is 0 Å². The number of rotatable bonds is 1. The zero-order chi connectivity index (χ0) is 6.85. The van der Waals surface area contributed by atoms with E-state index in [1.807, 2.05) is 13.8 Å². The maximum absolute atomic E-state index is 5.62. The van der Waals surface area contributed by atoms with Gasteiger partial charge in [-0.1, -0.05) is 0 Å². The predicted octanol–water partition coefficient (Wildman–Crippen LogP) is 1.51. The van der Waals surface area contributed by atoms with Crippen molar-refractivity contribution in [2.24, 2.45) is 0 Å². The Hall–Kier alpha value is -0.570. The Labute approximate surface area is 58.7 Å². The summed E-state index contributed by atoms with van der Waals surface area (Å²) in [5.74, 6) is 0. The summed E-state index contributed by atoms with van der Waals surface area (Å²) in [5.41, 5.74) is 0. The Bertz CT molecular complexity index is 194. The molecule has 0 fully saturated rings.